The third kappa shape index (κ3) is 4.34. The lowest BCUT2D eigenvalue weighted by Gasteiger charge is -2.05. The van der Waals surface area contributed by atoms with E-state index in [1.165, 1.54) is 18.3 Å². The van der Waals surface area contributed by atoms with Gasteiger partial charge in [0, 0.05) is 29.1 Å². The van der Waals surface area contributed by atoms with Crippen molar-refractivity contribution in [1.29, 1.82) is 0 Å². The van der Waals surface area contributed by atoms with E-state index in [4.69, 9.17) is 0 Å². The van der Waals surface area contributed by atoms with Crippen LogP contribution < -0.4 is 10.6 Å². The first-order valence-corrected chi connectivity index (χ1v) is 9.02. The Bertz CT molecular complexity index is 941. The smallest absolute Gasteiger partial charge is 0.257 e. The van der Waals surface area contributed by atoms with Crippen LogP contribution in [-0.4, -0.2) is 16.8 Å². The fourth-order valence-electron chi connectivity index (χ4n) is 2.67. The van der Waals surface area contributed by atoms with Gasteiger partial charge in [0.25, 0.3) is 5.91 Å². The summed E-state index contributed by atoms with van der Waals surface area (Å²) in [6.07, 6.45) is 0. The van der Waals surface area contributed by atoms with Crippen molar-refractivity contribution in [1.82, 2.24) is 4.98 Å². The lowest BCUT2D eigenvalue weighted by atomic mass is 10.1. The molecule has 0 atom stereocenters. The molecule has 0 aliphatic rings. The molecule has 2 aromatic carbocycles. The van der Waals surface area contributed by atoms with E-state index in [2.05, 4.69) is 15.6 Å². The monoisotopic (exact) mass is 365 g/mol. The zero-order chi connectivity index (χ0) is 18.7. The Kier molecular flexibility index (Phi) is 5.14. The molecule has 0 aliphatic carbocycles. The van der Waals surface area contributed by atoms with Gasteiger partial charge in [-0.05, 0) is 38.1 Å². The van der Waals surface area contributed by atoms with E-state index in [9.17, 15) is 9.59 Å². The Balaban J connectivity index is 1.73. The largest absolute Gasteiger partial charge is 0.326 e. The van der Waals surface area contributed by atoms with Crippen LogP contribution in [0.5, 0.6) is 0 Å². The number of hydrogen-bond acceptors (Lipinski definition) is 4. The third-order valence-corrected chi connectivity index (χ3v) is 4.47. The zero-order valence-corrected chi connectivity index (χ0v) is 15.6. The van der Waals surface area contributed by atoms with Gasteiger partial charge in [0.1, 0.15) is 0 Å². The molecule has 0 fully saturated rings. The first kappa shape index (κ1) is 17.8. The number of nitrogens with zero attached hydrogens (tertiary/aromatic N) is 1. The summed E-state index contributed by atoms with van der Waals surface area (Å²) in [4.78, 5) is 28.0. The summed E-state index contributed by atoms with van der Waals surface area (Å²) in [5, 5.41) is 8.02. The minimum absolute atomic E-state index is 0.109. The highest BCUT2D eigenvalue weighted by Crippen LogP contribution is 2.26. The first-order valence-electron chi connectivity index (χ1n) is 8.14. The molecular formula is C20H19N3O2S. The minimum atomic E-state index is -0.168. The average molecular weight is 365 g/mol. The van der Waals surface area contributed by atoms with Gasteiger partial charge in [0.05, 0.1) is 5.69 Å². The van der Waals surface area contributed by atoms with Crippen LogP contribution in [0, 0.1) is 13.8 Å². The van der Waals surface area contributed by atoms with Crippen LogP contribution in [0.3, 0.4) is 0 Å². The number of thiazole rings is 1. The predicted octanol–water partition coefficient (Wildman–Crippen LogP) is 4.64. The van der Waals surface area contributed by atoms with Crippen molar-refractivity contribution in [2.24, 2.45) is 0 Å². The molecule has 132 valence electrons. The number of amides is 2. The SMILES string of the molecule is CC(=O)Nc1ccc(-c2csc(NC(=O)c3cc(C)cc(C)c3)n2)cc1. The van der Waals surface area contributed by atoms with Crippen LogP contribution in [0.1, 0.15) is 28.4 Å². The molecule has 3 aromatic rings. The number of nitrogens with one attached hydrogen (secondary N) is 2. The highest BCUT2D eigenvalue weighted by molar-refractivity contribution is 7.14. The van der Waals surface area contributed by atoms with Crippen LogP contribution >= 0.6 is 11.3 Å². The highest BCUT2D eigenvalue weighted by Gasteiger charge is 2.11. The maximum Gasteiger partial charge on any atom is 0.257 e. The number of aromatic nitrogens is 1. The quantitative estimate of drug-likeness (QED) is 0.708. The van der Waals surface area contributed by atoms with Gasteiger partial charge < -0.3 is 5.32 Å². The molecule has 2 N–H and O–H groups in total. The van der Waals surface area contributed by atoms with Crippen LogP contribution in [0.25, 0.3) is 11.3 Å². The van der Waals surface area contributed by atoms with E-state index >= 15 is 0 Å². The van der Waals surface area contributed by atoms with Crippen molar-refractivity contribution < 1.29 is 9.59 Å². The lowest BCUT2D eigenvalue weighted by Crippen LogP contribution is -2.12. The van der Waals surface area contributed by atoms with Crippen molar-refractivity contribution in [3.63, 3.8) is 0 Å². The number of rotatable bonds is 4. The Morgan fingerprint density at radius 3 is 2.23 bits per heavy atom. The van der Waals surface area contributed by atoms with E-state index < -0.39 is 0 Å². The molecule has 0 aliphatic heterocycles. The third-order valence-electron chi connectivity index (χ3n) is 3.71. The molecule has 2 amide bonds. The Morgan fingerprint density at radius 1 is 0.962 bits per heavy atom. The maximum absolute atomic E-state index is 12.4. The predicted molar refractivity (Wildman–Crippen MR) is 106 cm³/mol. The van der Waals surface area contributed by atoms with Crippen molar-refractivity contribution >= 4 is 34.0 Å². The standard InChI is InChI=1S/C20H19N3O2S/c1-12-8-13(2)10-16(9-12)19(25)23-20-22-18(11-26-20)15-4-6-17(7-5-15)21-14(3)24/h4-11H,1-3H3,(H,21,24)(H,22,23,25). The van der Waals surface area contributed by atoms with Crippen LogP contribution in [0.4, 0.5) is 10.8 Å². The molecule has 26 heavy (non-hydrogen) atoms. The van der Waals surface area contributed by atoms with Gasteiger partial charge in [-0.25, -0.2) is 4.98 Å². The van der Waals surface area contributed by atoms with Gasteiger partial charge in [-0.15, -0.1) is 11.3 Å². The fraction of sp³-hybridized carbons (Fsp3) is 0.150. The van der Waals surface area contributed by atoms with Gasteiger partial charge >= 0.3 is 0 Å². The molecule has 1 aromatic heterocycles. The van der Waals surface area contributed by atoms with Gasteiger partial charge in [-0.1, -0.05) is 29.3 Å². The van der Waals surface area contributed by atoms with E-state index in [1.807, 2.05) is 61.7 Å². The number of carbonyl (C=O) groups is 2. The van der Waals surface area contributed by atoms with E-state index in [0.29, 0.717) is 10.7 Å². The van der Waals surface area contributed by atoms with Gasteiger partial charge in [-0.3, -0.25) is 14.9 Å². The second-order valence-corrected chi connectivity index (χ2v) is 6.99. The minimum Gasteiger partial charge on any atom is -0.326 e. The summed E-state index contributed by atoms with van der Waals surface area (Å²) < 4.78 is 0. The maximum atomic E-state index is 12.4. The second kappa shape index (κ2) is 7.49. The van der Waals surface area contributed by atoms with Crippen molar-refractivity contribution in [3.8, 4) is 11.3 Å². The summed E-state index contributed by atoms with van der Waals surface area (Å²) in [6, 6.07) is 13.2. The number of aryl methyl sites for hydroxylation is 2. The molecule has 0 unspecified atom stereocenters. The van der Waals surface area contributed by atoms with E-state index in [0.717, 1.165) is 28.1 Å². The van der Waals surface area contributed by atoms with Crippen molar-refractivity contribution in [2.75, 3.05) is 10.6 Å². The van der Waals surface area contributed by atoms with Gasteiger partial charge in [0.15, 0.2) is 5.13 Å². The second-order valence-electron chi connectivity index (χ2n) is 6.13. The Labute approximate surface area is 156 Å². The van der Waals surface area contributed by atoms with Gasteiger partial charge in [-0.2, -0.15) is 0 Å². The molecule has 3 rings (SSSR count). The summed E-state index contributed by atoms with van der Waals surface area (Å²) in [5.41, 5.74) is 5.16. The van der Waals surface area contributed by atoms with Crippen molar-refractivity contribution in [3.05, 3.63) is 64.5 Å². The average Bonchev–Trinajstić information content (AvgIpc) is 3.02. The summed E-state index contributed by atoms with van der Waals surface area (Å²) in [5.74, 6) is -0.276. The zero-order valence-electron chi connectivity index (χ0n) is 14.8. The summed E-state index contributed by atoms with van der Waals surface area (Å²) in [6.45, 7) is 5.41. The van der Waals surface area contributed by atoms with E-state index in [1.54, 1.807) is 0 Å². The van der Waals surface area contributed by atoms with Gasteiger partial charge in [0.2, 0.25) is 5.91 Å². The molecule has 0 bridgehead atoms. The highest BCUT2D eigenvalue weighted by atomic mass is 32.1. The van der Waals surface area contributed by atoms with Crippen LogP contribution in [0.2, 0.25) is 0 Å². The molecule has 0 saturated heterocycles. The van der Waals surface area contributed by atoms with Crippen LogP contribution in [0.15, 0.2) is 47.8 Å². The molecule has 1 heterocycles. The summed E-state index contributed by atoms with van der Waals surface area (Å²) in [7, 11) is 0. The first-order chi connectivity index (χ1) is 12.4. The normalized spacial score (nSPS) is 10.4. The van der Waals surface area contributed by atoms with Crippen LogP contribution in [-0.2, 0) is 4.79 Å². The number of benzene rings is 2. The molecule has 0 radical (unpaired) electrons. The molecule has 5 nitrogen and oxygen atoms in total. The summed E-state index contributed by atoms with van der Waals surface area (Å²) >= 11 is 1.38. The lowest BCUT2D eigenvalue weighted by molar-refractivity contribution is -0.114. The molecule has 0 spiro atoms. The Morgan fingerprint density at radius 2 is 1.62 bits per heavy atom. The topological polar surface area (TPSA) is 71.1 Å². The molecule has 0 saturated carbocycles. The fourth-order valence-corrected chi connectivity index (χ4v) is 3.38. The van der Waals surface area contributed by atoms with Crippen molar-refractivity contribution in [2.45, 2.75) is 20.8 Å². The number of carbonyl (C=O) groups excluding carboxylic acids is 2. The Hall–Kier alpha value is -2.99. The number of anilines is 2. The molecule has 6 heteroatoms. The molecular weight excluding hydrogens is 346 g/mol. The number of hydrogen-bond donors (Lipinski definition) is 2. The van der Waals surface area contributed by atoms with E-state index in [-0.39, 0.29) is 11.8 Å².